The van der Waals surface area contributed by atoms with Gasteiger partial charge in [-0.25, -0.2) is 8.42 Å². The highest BCUT2D eigenvalue weighted by atomic mass is 35.5. The summed E-state index contributed by atoms with van der Waals surface area (Å²) >= 11 is 6.92. The van der Waals surface area contributed by atoms with E-state index in [-0.39, 0.29) is 16.5 Å². The van der Waals surface area contributed by atoms with Gasteiger partial charge in [0.25, 0.3) is 10.0 Å². The number of nitrogens with zero attached hydrogens (tertiary/aromatic N) is 1. The minimum Gasteiger partial charge on any atom is -0.324 e. The smallest absolute Gasteiger partial charge is 0.253 e. The summed E-state index contributed by atoms with van der Waals surface area (Å²) in [6, 6.07) is 16.2. The summed E-state index contributed by atoms with van der Waals surface area (Å²) < 4.78 is 28.2. The highest BCUT2D eigenvalue weighted by Crippen LogP contribution is 2.32. The molecule has 0 bridgehead atoms. The number of hydrogen-bond acceptors (Lipinski definition) is 5. The Morgan fingerprint density at radius 2 is 1.82 bits per heavy atom. The lowest BCUT2D eigenvalue weighted by atomic mass is 9.99. The van der Waals surface area contributed by atoms with Gasteiger partial charge in [-0.05, 0) is 44.0 Å². The maximum atomic E-state index is 13.3. The molecule has 0 saturated carbocycles. The number of ketones is 1. The van der Waals surface area contributed by atoms with Gasteiger partial charge in [0.15, 0.2) is 5.78 Å². The minimum atomic E-state index is -3.86. The first-order valence-corrected chi connectivity index (χ1v) is 13.2. The topological polar surface area (TPSA) is 83.6 Å². The monoisotopic (exact) mass is 502 g/mol. The Balaban J connectivity index is 1.63. The van der Waals surface area contributed by atoms with Gasteiger partial charge in [-0.3, -0.25) is 9.59 Å². The molecule has 1 amide bonds. The summed E-state index contributed by atoms with van der Waals surface area (Å²) in [5.41, 5.74) is 2.12. The van der Waals surface area contributed by atoms with Crippen LogP contribution in [0.3, 0.4) is 0 Å². The van der Waals surface area contributed by atoms with Crippen molar-refractivity contribution in [3.8, 4) is 0 Å². The van der Waals surface area contributed by atoms with Gasteiger partial charge in [-0.2, -0.15) is 4.31 Å². The SMILES string of the molecule is Cc1ccc(NC(=O)C2CCCCN2S(=O)(=O)c2ccc(Cl)s2)c(C(=O)c2ccccc2)c1. The Labute approximate surface area is 202 Å². The van der Waals surface area contributed by atoms with Crippen molar-refractivity contribution < 1.29 is 18.0 Å². The van der Waals surface area contributed by atoms with Crippen LogP contribution in [0.15, 0.2) is 64.9 Å². The van der Waals surface area contributed by atoms with E-state index < -0.39 is 22.0 Å². The quantitative estimate of drug-likeness (QED) is 0.474. The second kappa shape index (κ2) is 9.77. The van der Waals surface area contributed by atoms with Crippen molar-refractivity contribution >= 4 is 50.3 Å². The van der Waals surface area contributed by atoms with Gasteiger partial charge < -0.3 is 5.32 Å². The van der Waals surface area contributed by atoms with Crippen LogP contribution in [0.25, 0.3) is 0 Å². The van der Waals surface area contributed by atoms with Crippen LogP contribution in [0.5, 0.6) is 0 Å². The first-order valence-electron chi connectivity index (χ1n) is 10.6. The fourth-order valence-corrected chi connectivity index (χ4v) is 7.19. The molecule has 1 N–H and O–H groups in total. The number of anilines is 1. The summed E-state index contributed by atoms with van der Waals surface area (Å²) in [5.74, 6) is -0.664. The maximum absolute atomic E-state index is 13.3. The van der Waals surface area contributed by atoms with Crippen LogP contribution in [-0.2, 0) is 14.8 Å². The molecule has 1 aliphatic rings. The highest BCUT2D eigenvalue weighted by Gasteiger charge is 2.38. The molecule has 0 aliphatic carbocycles. The van der Waals surface area contributed by atoms with Crippen LogP contribution in [0.1, 0.15) is 40.7 Å². The molecule has 2 heterocycles. The average Bonchev–Trinajstić information content (AvgIpc) is 3.27. The molecular weight excluding hydrogens is 480 g/mol. The number of halogens is 1. The van der Waals surface area contributed by atoms with Gasteiger partial charge in [0.1, 0.15) is 10.3 Å². The van der Waals surface area contributed by atoms with E-state index in [1.807, 2.05) is 13.0 Å². The van der Waals surface area contributed by atoms with Crippen LogP contribution in [0.2, 0.25) is 4.34 Å². The third-order valence-electron chi connectivity index (χ3n) is 5.58. The van der Waals surface area contributed by atoms with Gasteiger partial charge in [0, 0.05) is 17.7 Å². The molecule has 1 aromatic heterocycles. The lowest BCUT2D eigenvalue weighted by molar-refractivity contribution is -0.120. The van der Waals surface area contributed by atoms with Crippen LogP contribution < -0.4 is 5.32 Å². The number of sulfonamides is 1. The Morgan fingerprint density at radius 1 is 1.06 bits per heavy atom. The largest absolute Gasteiger partial charge is 0.324 e. The van der Waals surface area contributed by atoms with Crippen molar-refractivity contribution in [1.82, 2.24) is 4.31 Å². The van der Waals surface area contributed by atoms with Crippen molar-refractivity contribution in [3.63, 3.8) is 0 Å². The number of amides is 1. The number of carbonyl (C=O) groups is 2. The van der Waals surface area contributed by atoms with Gasteiger partial charge in [0.05, 0.1) is 10.0 Å². The predicted molar refractivity (Wildman–Crippen MR) is 131 cm³/mol. The van der Waals surface area contributed by atoms with Crippen molar-refractivity contribution in [2.24, 2.45) is 0 Å². The number of carbonyl (C=O) groups excluding carboxylic acids is 2. The minimum absolute atomic E-state index is 0.113. The lowest BCUT2D eigenvalue weighted by Crippen LogP contribution is -2.49. The van der Waals surface area contributed by atoms with Gasteiger partial charge in [-0.15, -0.1) is 11.3 Å². The summed E-state index contributed by atoms with van der Waals surface area (Å²) in [6.07, 6.45) is 1.81. The summed E-state index contributed by atoms with van der Waals surface area (Å²) in [5, 5.41) is 2.83. The van der Waals surface area contributed by atoms with E-state index in [1.54, 1.807) is 42.5 Å². The predicted octanol–water partition coefficient (Wildman–Crippen LogP) is 5.12. The highest BCUT2D eigenvalue weighted by molar-refractivity contribution is 7.91. The molecule has 0 radical (unpaired) electrons. The van der Waals surface area contributed by atoms with E-state index in [0.29, 0.717) is 34.0 Å². The molecule has 3 aromatic rings. The fraction of sp³-hybridized carbons (Fsp3) is 0.250. The Morgan fingerprint density at radius 3 is 2.52 bits per heavy atom. The molecule has 4 rings (SSSR count). The van der Waals surface area contributed by atoms with E-state index in [0.717, 1.165) is 23.3 Å². The molecule has 1 unspecified atom stereocenters. The Hall–Kier alpha value is -2.52. The molecule has 0 spiro atoms. The van der Waals surface area contributed by atoms with Crippen LogP contribution >= 0.6 is 22.9 Å². The van der Waals surface area contributed by atoms with E-state index in [4.69, 9.17) is 11.6 Å². The summed E-state index contributed by atoms with van der Waals surface area (Å²) in [7, 11) is -3.86. The van der Waals surface area contributed by atoms with E-state index in [2.05, 4.69) is 5.32 Å². The zero-order valence-electron chi connectivity index (χ0n) is 18.0. The molecule has 1 aliphatic heterocycles. The third-order valence-corrected chi connectivity index (χ3v) is 9.19. The maximum Gasteiger partial charge on any atom is 0.253 e. The van der Waals surface area contributed by atoms with Gasteiger partial charge in [-0.1, -0.05) is 60.0 Å². The molecule has 9 heteroatoms. The van der Waals surface area contributed by atoms with Crippen LogP contribution in [0, 0.1) is 6.92 Å². The third kappa shape index (κ3) is 5.04. The zero-order chi connectivity index (χ0) is 23.6. The number of rotatable bonds is 6. The molecule has 1 saturated heterocycles. The standard InChI is InChI=1S/C24H23ClN2O4S2/c1-16-10-11-19(18(15-16)23(28)17-7-3-2-4-8-17)26-24(29)20-9-5-6-14-27(20)33(30,31)22-13-12-21(25)32-22/h2-4,7-8,10-13,15,20H,5-6,9,14H2,1H3,(H,26,29). The fourth-order valence-electron chi connectivity index (χ4n) is 3.92. The van der Waals surface area contributed by atoms with Gasteiger partial charge in [0.2, 0.25) is 5.91 Å². The molecule has 1 atom stereocenters. The molecule has 172 valence electrons. The lowest BCUT2D eigenvalue weighted by Gasteiger charge is -2.33. The second-order valence-corrected chi connectivity index (χ2v) is 11.8. The Kier molecular flexibility index (Phi) is 6.99. The number of aryl methyl sites for hydroxylation is 1. The van der Waals surface area contributed by atoms with Crippen LogP contribution in [0.4, 0.5) is 5.69 Å². The van der Waals surface area contributed by atoms with Crippen molar-refractivity contribution in [2.75, 3.05) is 11.9 Å². The van der Waals surface area contributed by atoms with Gasteiger partial charge >= 0.3 is 0 Å². The van der Waals surface area contributed by atoms with E-state index >= 15 is 0 Å². The molecule has 6 nitrogen and oxygen atoms in total. The van der Waals surface area contributed by atoms with E-state index in [1.165, 1.54) is 16.4 Å². The van der Waals surface area contributed by atoms with Crippen molar-refractivity contribution in [1.29, 1.82) is 0 Å². The molecule has 33 heavy (non-hydrogen) atoms. The zero-order valence-corrected chi connectivity index (χ0v) is 20.3. The molecular formula is C24H23ClN2O4S2. The number of benzene rings is 2. The Bertz CT molecular complexity index is 1290. The summed E-state index contributed by atoms with van der Waals surface area (Å²) in [6.45, 7) is 2.12. The molecule has 2 aromatic carbocycles. The average molecular weight is 503 g/mol. The second-order valence-electron chi connectivity index (χ2n) is 7.92. The number of hydrogen-bond donors (Lipinski definition) is 1. The van der Waals surface area contributed by atoms with Crippen molar-refractivity contribution in [3.05, 3.63) is 81.7 Å². The number of thiophene rings is 1. The summed E-state index contributed by atoms with van der Waals surface area (Å²) in [4.78, 5) is 26.4. The normalized spacial score (nSPS) is 17.0. The number of piperidine rings is 1. The van der Waals surface area contributed by atoms with E-state index in [9.17, 15) is 18.0 Å². The number of nitrogens with one attached hydrogen (secondary N) is 1. The first-order chi connectivity index (χ1) is 15.8. The van der Waals surface area contributed by atoms with Crippen molar-refractivity contribution in [2.45, 2.75) is 36.4 Å². The van der Waals surface area contributed by atoms with Crippen LogP contribution in [-0.4, -0.2) is 37.0 Å². The first kappa shape index (κ1) is 23.6. The molecule has 1 fully saturated rings.